The van der Waals surface area contributed by atoms with E-state index in [1.54, 1.807) is 48.5 Å². The second-order valence-corrected chi connectivity index (χ2v) is 21.4. The maximum Gasteiger partial charge on any atom is 0.339 e. The minimum atomic E-state index is -1.11. The Morgan fingerprint density at radius 2 is 0.370 bits per heavy atom. The van der Waals surface area contributed by atoms with E-state index in [-0.39, 0.29) is 116 Å². The van der Waals surface area contributed by atoms with Gasteiger partial charge in [-0.1, -0.05) is 225 Å². The number of aromatic carboxylic acids is 4. The SMILES string of the molecule is CC(C)[C@@H](C(N)=O)c1ccccc1.CC(C)[C@@H](C(N)=O)c1ccccc1.CC(C)[C@H](C(N)=O)c1ccccc1.CC(C)[C@H](C(N)=O)c1ccccc1.O=C(O)c1ccccc1O.O=C(O)c1ccccc1O.O=C(O)c1ccccc1O.O=C(O)c1ccccc1O. The molecule has 4 atom stereocenters. The Morgan fingerprint density at radius 1 is 0.239 bits per heavy atom. The van der Waals surface area contributed by atoms with Gasteiger partial charge in [0.25, 0.3) is 0 Å². The monoisotopic (exact) mass is 1260 g/mol. The van der Waals surface area contributed by atoms with Crippen LogP contribution in [0.4, 0.5) is 0 Å². The van der Waals surface area contributed by atoms with Crippen LogP contribution in [0.1, 0.15) is 143 Å². The van der Waals surface area contributed by atoms with Crippen molar-refractivity contribution in [2.45, 2.75) is 79.1 Å². The van der Waals surface area contributed by atoms with Gasteiger partial charge >= 0.3 is 23.9 Å². The predicted molar refractivity (Wildman–Crippen MR) is 353 cm³/mol. The molecule has 16 N–H and O–H groups in total. The molecule has 0 unspecified atom stereocenters. The number of carbonyl (C=O) groups is 8. The van der Waals surface area contributed by atoms with Crippen molar-refractivity contribution in [1.82, 2.24) is 0 Å². The lowest BCUT2D eigenvalue weighted by atomic mass is 9.88. The van der Waals surface area contributed by atoms with E-state index >= 15 is 0 Å². The van der Waals surface area contributed by atoms with E-state index in [0.29, 0.717) is 0 Å². The molecule has 0 aliphatic carbocycles. The molecule has 8 aromatic rings. The molecule has 488 valence electrons. The molecule has 8 rings (SSSR count). The Kier molecular flexibility index (Phi) is 35.8. The number of hydrogen-bond donors (Lipinski definition) is 12. The normalized spacial score (nSPS) is 11.3. The first kappa shape index (κ1) is 78.7. The number of carboxylic acid groups (broad SMARTS) is 4. The molecular formula is C72H84N4O16. The lowest BCUT2D eigenvalue weighted by molar-refractivity contribution is -0.121. The molecule has 20 nitrogen and oxygen atoms in total. The van der Waals surface area contributed by atoms with Gasteiger partial charge in [-0.15, -0.1) is 0 Å². The Bertz CT molecular complexity index is 3080. The maximum atomic E-state index is 11.2. The van der Waals surface area contributed by atoms with Crippen LogP contribution in [0.2, 0.25) is 0 Å². The van der Waals surface area contributed by atoms with Crippen molar-refractivity contribution in [3.63, 3.8) is 0 Å². The molecule has 0 aromatic heterocycles. The van der Waals surface area contributed by atoms with Gasteiger partial charge in [0, 0.05) is 0 Å². The smallest absolute Gasteiger partial charge is 0.339 e. The van der Waals surface area contributed by atoms with Crippen LogP contribution >= 0.6 is 0 Å². The fraction of sp³-hybridized carbons (Fsp3) is 0.222. The van der Waals surface area contributed by atoms with Gasteiger partial charge in [0.2, 0.25) is 23.6 Å². The van der Waals surface area contributed by atoms with E-state index in [9.17, 15) is 38.4 Å². The van der Waals surface area contributed by atoms with Crippen LogP contribution in [-0.2, 0) is 19.2 Å². The number of phenols is 4. The number of benzene rings is 8. The van der Waals surface area contributed by atoms with Crippen LogP contribution in [0.15, 0.2) is 218 Å². The zero-order valence-corrected chi connectivity index (χ0v) is 52.6. The molecule has 0 saturated heterocycles. The third-order valence-electron chi connectivity index (χ3n) is 13.1. The Labute approximate surface area is 536 Å². The summed E-state index contributed by atoms with van der Waals surface area (Å²) in [4.78, 5) is 85.7. The van der Waals surface area contributed by atoms with Gasteiger partial charge in [-0.2, -0.15) is 0 Å². The number of hydrogen-bond acceptors (Lipinski definition) is 12. The fourth-order valence-electron chi connectivity index (χ4n) is 8.77. The average Bonchev–Trinajstić information content (AvgIpc) is 2.33. The second kappa shape index (κ2) is 41.8. The zero-order chi connectivity index (χ0) is 69.6. The minimum absolute atomic E-state index is 0.0671. The summed E-state index contributed by atoms with van der Waals surface area (Å²) in [5.74, 6) is -5.91. The van der Waals surface area contributed by atoms with Gasteiger partial charge in [0.1, 0.15) is 45.3 Å². The van der Waals surface area contributed by atoms with Crippen molar-refractivity contribution < 1.29 is 79.2 Å². The molecular weight excluding hydrogens is 1180 g/mol. The number of primary amides is 4. The largest absolute Gasteiger partial charge is 0.507 e. The first-order chi connectivity index (χ1) is 43.4. The van der Waals surface area contributed by atoms with E-state index in [1.807, 2.05) is 177 Å². The number of nitrogens with two attached hydrogens (primary N) is 4. The van der Waals surface area contributed by atoms with E-state index in [2.05, 4.69) is 0 Å². The lowest BCUT2D eigenvalue weighted by Gasteiger charge is -2.17. The van der Waals surface area contributed by atoms with E-state index < -0.39 is 23.9 Å². The third-order valence-corrected chi connectivity index (χ3v) is 13.1. The maximum absolute atomic E-state index is 11.2. The van der Waals surface area contributed by atoms with E-state index in [1.165, 1.54) is 48.5 Å². The van der Waals surface area contributed by atoms with Crippen molar-refractivity contribution in [2.24, 2.45) is 46.6 Å². The summed E-state index contributed by atoms with van der Waals surface area (Å²) < 4.78 is 0. The van der Waals surface area contributed by atoms with Crippen LogP contribution in [0.5, 0.6) is 23.0 Å². The summed E-state index contributed by atoms with van der Waals surface area (Å²) in [7, 11) is 0. The van der Waals surface area contributed by atoms with Gasteiger partial charge in [-0.05, 0) is 94.5 Å². The van der Waals surface area contributed by atoms with Gasteiger partial charge < -0.3 is 63.8 Å². The van der Waals surface area contributed by atoms with Gasteiger partial charge in [0.05, 0.1) is 23.7 Å². The Balaban J connectivity index is 0.000000527. The topological polar surface area (TPSA) is 402 Å². The number of aromatic hydroxyl groups is 4. The lowest BCUT2D eigenvalue weighted by Crippen LogP contribution is -2.25. The molecule has 0 heterocycles. The number of carbonyl (C=O) groups excluding carboxylic acids is 4. The molecule has 0 saturated carbocycles. The Morgan fingerprint density at radius 3 is 0.467 bits per heavy atom. The molecule has 0 spiro atoms. The zero-order valence-electron chi connectivity index (χ0n) is 52.6. The van der Waals surface area contributed by atoms with Crippen LogP contribution < -0.4 is 22.9 Å². The first-order valence-corrected chi connectivity index (χ1v) is 28.8. The van der Waals surface area contributed by atoms with Crippen molar-refractivity contribution >= 4 is 47.5 Å². The molecule has 0 bridgehead atoms. The number of rotatable bonds is 16. The van der Waals surface area contributed by atoms with Crippen molar-refractivity contribution in [1.29, 1.82) is 0 Å². The second-order valence-electron chi connectivity index (χ2n) is 21.4. The van der Waals surface area contributed by atoms with Crippen molar-refractivity contribution in [3.05, 3.63) is 263 Å². The summed E-state index contributed by atoms with van der Waals surface area (Å²) in [6.45, 7) is 16.0. The van der Waals surface area contributed by atoms with Crippen LogP contribution in [-0.4, -0.2) is 88.4 Å². The van der Waals surface area contributed by atoms with Crippen molar-refractivity contribution in [2.75, 3.05) is 0 Å². The number of amides is 4. The predicted octanol–water partition coefficient (Wildman–Crippen LogP) is 12.0. The number of carboxylic acids is 4. The molecule has 0 radical (unpaired) electrons. The highest BCUT2D eigenvalue weighted by molar-refractivity contribution is 5.92. The molecule has 20 heteroatoms. The Hall–Kier alpha value is -11.3. The molecule has 4 amide bonds. The quantitative estimate of drug-likeness (QED) is 0.0427. The van der Waals surface area contributed by atoms with Crippen LogP contribution in [0.3, 0.4) is 0 Å². The summed E-state index contributed by atoms with van der Waals surface area (Å²) in [5, 5.41) is 69.2. The highest BCUT2D eigenvalue weighted by Gasteiger charge is 2.24. The van der Waals surface area contributed by atoms with E-state index in [0.717, 1.165) is 22.3 Å². The highest BCUT2D eigenvalue weighted by Crippen LogP contribution is 2.27. The molecule has 92 heavy (non-hydrogen) atoms. The minimum Gasteiger partial charge on any atom is -0.507 e. The van der Waals surface area contributed by atoms with Crippen LogP contribution in [0.25, 0.3) is 0 Å². The van der Waals surface area contributed by atoms with Crippen molar-refractivity contribution in [3.8, 4) is 23.0 Å². The first-order valence-electron chi connectivity index (χ1n) is 28.8. The van der Waals surface area contributed by atoms with Crippen LogP contribution in [0, 0.1) is 23.7 Å². The number of para-hydroxylation sites is 4. The van der Waals surface area contributed by atoms with E-state index in [4.69, 9.17) is 63.8 Å². The summed E-state index contributed by atoms with van der Waals surface area (Å²) in [6, 6.07) is 61.9. The summed E-state index contributed by atoms with van der Waals surface area (Å²) in [6.07, 6.45) is 0. The molecule has 8 aromatic carbocycles. The fourth-order valence-corrected chi connectivity index (χ4v) is 8.77. The van der Waals surface area contributed by atoms with Gasteiger partial charge in [0.15, 0.2) is 0 Å². The van der Waals surface area contributed by atoms with Gasteiger partial charge in [-0.3, -0.25) is 19.2 Å². The molecule has 0 aliphatic rings. The third kappa shape index (κ3) is 28.7. The average molecular weight is 1260 g/mol. The molecule has 0 fully saturated rings. The summed E-state index contributed by atoms with van der Waals surface area (Å²) in [5.41, 5.74) is 25.1. The standard InChI is InChI=1S/4C11H15NO.4C7H6O3/c4*1-8(2)10(11(12)13)9-6-4-3-5-7-9;4*8-6-4-2-1-3-5(6)7(9)10/h4*3-8,10H,1-2H3,(H2,12,13);4*1-4,8H,(H,9,10)/t4*10-;;;;/m1100..../s1. The van der Waals surface area contributed by atoms with Gasteiger partial charge in [-0.25, -0.2) is 19.2 Å². The summed E-state index contributed by atoms with van der Waals surface area (Å²) >= 11 is 0. The highest BCUT2D eigenvalue weighted by atomic mass is 16.4. The molecule has 0 aliphatic heterocycles.